The van der Waals surface area contributed by atoms with Gasteiger partial charge < -0.3 is 14.8 Å². The fraction of sp³-hybridized carbons (Fsp3) is 0.625. The summed E-state index contributed by atoms with van der Waals surface area (Å²) < 4.78 is 11.1. The Hall–Kier alpha value is -1.10. The molecule has 0 aliphatic carbocycles. The number of hydrogen-bond acceptors (Lipinski definition) is 4. The molecule has 1 fully saturated rings. The lowest BCUT2D eigenvalue weighted by atomic mass is 10.1. The third-order valence-corrected chi connectivity index (χ3v) is 3.71. The van der Waals surface area contributed by atoms with Crippen LogP contribution in [-0.4, -0.2) is 50.9 Å². The Morgan fingerprint density at radius 1 is 1.40 bits per heavy atom. The molecule has 0 saturated carbocycles. The predicted molar refractivity (Wildman–Crippen MR) is 81.3 cm³/mol. The van der Waals surface area contributed by atoms with Crippen LogP contribution >= 0.6 is 0 Å². The minimum Gasteiger partial charge on any atom is -0.494 e. The van der Waals surface area contributed by atoms with E-state index in [2.05, 4.69) is 29.3 Å². The average Bonchev–Trinajstić information content (AvgIpc) is 2.46. The second-order valence-corrected chi connectivity index (χ2v) is 5.28. The zero-order valence-electron chi connectivity index (χ0n) is 12.8. The maximum atomic E-state index is 5.59. The maximum Gasteiger partial charge on any atom is 0.119 e. The van der Waals surface area contributed by atoms with Gasteiger partial charge >= 0.3 is 0 Å². The van der Waals surface area contributed by atoms with E-state index >= 15 is 0 Å². The largest absolute Gasteiger partial charge is 0.494 e. The molecule has 20 heavy (non-hydrogen) atoms. The number of nitrogens with zero attached hydrogens (tertiary/aromatic N) is 1. The van der Waals surface area contributed by atoms with Crippen LogP contribution in [0.4, 0.5) is 0 Å². The van der Waals surface area contributed by atoms with Crippen molar-refractivity contribution in [3.63, 3.8) is 0 Å². The molecule has 2 rings (SSSR count). The van der Waals surface area contributed by atoms with Gasteiger partial charge in [-0.25, -0.2) is 0 Å². The summed E-state index contributed by atoms with van der Waals surface area (Å²) in [5.74, 6) is 0.936. The highest BCUT2D eigenvalue weighted by Crippen LogP contribution is 2.19. The van der Waals surface area contributed by atoms with Crippen molar-refractivity contribution in [1.82, 2.24) is 10.2 Å². The Bertz CT molecular complexity index is 394. The lowest BCUT2D eigenvalue weighted by molar-refractivity contribution is -0.0208. The molecule has 2 unspecified atom stereocenters. The summed E-state index contributed by atoms with van der Waals surface area (Å²) in [4.78, 5) is 2.46. The molecule has 4 heteroatoms. The first-order chi connectivity index (χ1) is 9.72. The summed E-state index contributed by atoms with van der Waals surface area (Å²) in [6.45, 7) is 8.72. The first kappa shape index (κ1) is 15.3. The molecule has 112 valence electrons. The van der Waals surface area contributed by atoms with E-state index in [4.69, 9.17) is 9.47 Å². The third kappa shape index (κ3) is 4.20. The molecule has 4 nitrogen and oxygen atoms in total. The van der Waals surface area contributed by atoms with Crippen LogP contribution in [-0.2, 0) is 4.74 Å². The first-order valence-electron chi connectivity index (χ1n) is 7.47. The van der Waals surface area contributed by atoms with Crippen LogP contribution in [0.1, 0.15) is 25.5 Å². The van der Waals surface area contributed by atoms with Crippen molar-refractivity contribution in [3.8, 4) is 5.75 Å². The van der Waals surface area contributed by atoms with Gasteiger partial charge in [-0.2, -0.15) is 0 Å². The molecule has 1 aliphatic heterocycles. The topological polar surface area (TPSA) is 33.7 Å². The van der Waals surface area contributed by atoms with Gasteiger partial charge in [0.15, 0.2) is 0 Å². The average molecular weight is 278 g/mol. The van der Waals surface area contributed by atoms with Crippen molar-refractivity contribution in [2.24, 2.45) is 0 Å². The molecule has 0 aromatic heterocycles. The maximum absolute atomic E-state index is 5.59. The lowest BCUT2D eigenvalue weighted by Crippen LogP contribution is -2.44. The molecule has 0 amide bonds. The van der Waals surface area contributed by atoms with Gasteiger partial charge in [-0.15, -0.1) is 0 Å². The zero-order chi connectivity index (χ0) is 14.4. The number of benzene rings is 1. The van der Waals surface area contributed by atoms with Crippen molar-refractivity contribution in [2.75, 3.05) is 39.9 Å². The predicted octanol–water partition coefficient (Wildman–Crippen LogP) is 2.07. The lowest BCUT2D eigenvalue weighted by Gasteiger charge is -2.33. The van der Waals surface area contributed by atoms with E-state index in [0.29, 0.717) is 18.8 Å². The van der Waals surface area contributed by atoms with E-state index in [1.54, 1.807) is 0 Å². The molecule has 1 aliphatic rings. The molecule has 1 aromatic rings. The molecule has 1 aromatic carbocycles. The van der Waals surface area contributed by atoms with Crippen LogP contribution < -0.4 is 10.1 Å². The number of rotatable bonds is 6. The summed E-state index contributed by atoms with van der Waals surface area (Å²) in [7, 11) is 2.02. The Balaban J connectivity index is 1.96. The monoisotopic (exact) mass is 278 g/mol. The normalized spacial score (nSPS) is 21.6. The quantitative estimate of drug-likeness (QED) is 0.863. The number of morpholine rings is 1. The first-order valence-corrected chi connectivity index (χ1v) is 7.47. The van der Waals surface area contributed by atoms with Gasteiger partial charge in [-0.3, -0.25) is 4.90 Å². The zero-order valence-corrected chi connectivity index (χ0v) is 12.8. The van der Waals surface area contributed by atoms with E-state index in [1.165, 1.54) is 5.56 Å². The molecule has 0 spiro atoms. The van der Waals surface area contributed by atoms with E-state index in [9.17, 15) is 0 Å². The molecular formula is C16H26N2O2. The summed E-state index contributed by atoms with van der Waals surface area (Å²) >= 11 is 0. The van der Waals surface area contributed by atoms with E-state index in [1.807, 2.05) is 26.1 Å². The smallest absolute Gasteiger partial charge is 0.119 e. The van der Waals surface area contributed by atoms with E-state index in [0.717, 1.165) is 32.0 Å². The van der Waals surface area contributed by atoms with Gasteiger partial charge in [0.2, 0.25) is 0 Å². The highest BCUT2D eigenvalue weighted by molar-refractivity contribution is 5.29. The van der Waals surface area contributed by atoms with Gasteiger partial charge in [0.05, 0.1) is 19.3 Å². The van der Waals surface area contributed by atoms with Crippen molar-refractivity contribution in [3.05, 3.63) is 29.8 Å². The Morgan fingerprint density at radius 3 is 2.75 bits per heavy atom. The van der Waals surface area contributed by atoms with Crippen LogP contribution in [0.25, 0.3) is 0 Å². The minimum atomic E-state index is 0.335. The van der Waals surface area contributed by atoms with Crippen LogP contribution in [0, 0.1) is 0 Å². The van der Waals surface area contributed by atoms with Crippen LogP contribution in [0.5, 0.6) is 5.75 Å². The summed E-state index contributed by atoms with van der Waals surface area (Å²) in [6, 6.07) is 8.73. The molecule has 1 heterocycles. The molecule has 0 radical (unpaired) electrons. The summed E-state index contributed by atoms with van der Waals surface area (Å²) in [6.07, 6.45) is 0.335. The third-order valence-electron chi connectivity index (χ3n) is 3.71. The van der Waals surface area contributed by atoms with Gasteiger partial charge in [-0.1, -0.05) is 12.1 Å². The number of ether oxygens (including phenoxy) is 2. The van der Waals surface area contributed by atoms with Gasteiger partial charge in [0.1, 0.15) is 5.75 Å². The van der Waals surface area contributed by atoms with Gasteiger partial charge in [-0.05, 0) is 38.6 Å². The summed E-state index contributed by atoms with van der Waals surface area (Å²) in [5.41, 5.74) is 1.30. The van der Waals surface area contributed by atoms with E-state index < -0.39 is 0 Å². The van der Waals surface area contributed by atoms with Crippen molar-refractivity contribution in [1.29, 1.82) is 0 Å². The second-order valence-electron chi connectivity index (χ2n) is 5.28. The van der Waals surface area contributed by atoms with Crippen LogP contribution in [0.2, 0.25) is 0 Å². The van der Waals surface area contributed by atoms with Crippen LogP contribution in [0.3, 0.4) is 0 Å². The highest BCUT2D eigenvalue weighted by atomic mass is 16.5. The molecule has 2 atom stereocenters. The molecule has 0 bridgehead atoms. The van der Waals surface area contributed by atoms with Crippen LogP contribution in [0.15, 0.2) is 24.3 Å². The van der Waals surface area contributed by atoms with Crippen molar-refractivity contribution in [2.45, 2.75) is 26.0 Å². The Morgan fingerprint density at radius 2 is 2.15 bits per heavy atom. The number of nitrogens with one attached hydrogen (secondary N) is 1. The van der Waals surface area contributed by atoms with Crippen molar-refractivity contribution < 1.29 is 9.47 Å². The number of likely N-dealkylation sites (N-methyl/N-ethyl adjacent to an activating group) is 1. The Kier molecular flexibility index (Phi) is 5.83. The minimum absolute atomic E-state index is 0.335. The van der Waals surface area contributed by atoms with Gasteiger partial charge in [0.25, 0.3) is 0 Å². The molecular weight excluding hydrogens is 252 g/mol. The highest BCUT2D eigenvalue weighted by Gasteiger charge is 2.20. The standard InChI is InChI=1S/C16H26N2O2/c1-4-19-15-7-5-14(6-8-15)16(17-3)12-18-9-10-20-13(2)11-18/h5-8,13,16-17H,4,9-12H2,1-3H3. The fourth-order valence-electron chi connectivity index (χ4n) is 2.64. The fourth-order valence-corrected chi connectivity index (χ4v) is 2.64. The van der Waals surface area contributed by atoms with Gasteiger partial charge in [0, 0.05) is 25.7 Å². The van der Waals surface area contributed by atoms with Crippen molar-refractivity contribution >= 4 is 0 Å². The molecule has 1 N–H and O–H groups in total. The van der Waals surface area contributed by atoms with E-state index in [-0.39, 0.29) is 0 Å². The summed E-state index contributed by atoms with van der Waals surface area (Å²) in [5, 5.41) is 3.41. The Labute approximate surface area is 122 Å². The molecule has 1 saturated heterocycles. The SMILES string of the molecule is CCOc1ccc(C(CN2CCOC(C)C2)NC)cc1. The second kappa shape index (κ2) is 7.62. The number of hydrogen-bond donors (Lipinski definition) is 1.